The number of thioether (sulfide) groups is 1. The lowest BCUT2D eigenvalue weighted by Gasteiger charge is -2.03. The highest BCUT2D eigenvalue weighted by molar-refractivity contribution is 7.98. The average molecular weight is 361 g/mol. The molecule has 0 amide bonds. The van der Waals surface area contributed by atoms with E-state index in [9.17, 15) is 0 Å². The molecule has 2 aromatic carbocycles. The monoisotopic (exact) mass is 360 g/mol. The number of aryl methyl sites for hydroxylation is 1. The Hall–Kier alpha value is -1.98. The third kappa shape index (κ3) is 4.76. The molecule has 0 bridgehead atoms. The molecule has 6 heteroatoms. The Morgan fingerprint density at radius 3 is 2.42 bits per heavy atom. The second-order valence-corrected chi connectivity index (χ2v) is 6.53. The van der Waals surface area contributed by atoms with Gasteiger partial charge in [-0.1, -0.05) is 54.6 Å². The van der Waals surface area contributed by atoms with Gasteiger partial charge in [-0.3, -0.25) is 0 Å². The SMILES string of the molecule is CCc1ccc(OCc2nnc(SCc3ccc(Cl)cc3)o2)cc1. The summed E-state index contributed by atoms with van der Waals surface area (Å²) in [6, 6.07) is 15.7. The van der Waals surface area contributed by atoms with Crippen LogP contribution in [0.2, 0.25) is 5.02 Å². The Balaban J connectivity index is 1.50. The van der Waals surface area contributed by atoms with E-state index in [0.29, 0.717) is 11.1 Å². The van der Waals surface area contributed by atoms with E-state index in [1.807, 2.05) is 36.4 Å². The second-order valence-electron chi connectivity index (χ2n) is 5.16. The largest absolute Gasteiger partial charge is 0.484 e. The molecule has 0 N–H and O–H groups in total. The van der Waals surface area contributed by atoms with Gasteiger partial charge in [0.05, 0.1) is 0 Å². The molecule has 0 aliphatic carbocycles. The van der Waals surface area contributed by atoms with E-state index in [0.717, 1.165) is 28.5 Å². The van der Waals surface area contributed by atoms with Crippen LogP contribution in [-0.4, -0.2) is 10.2 Å². The van der Waals surface area contributed by atoms with Crippen LogP contribution in [-0.2, 0) is 18.8 Å². The van der Waals surface area contributed by atoms with Crippen LogP contribution in [0.4, 0.5) is 0 Å². The van der Waals surface area contributed by atoms with Gasteiger partial charge in [-0.05, 0) is 41.8 Å². The maximum Gasteiger partial charge on any atom is 0.277 e. The number of nitrogens with zero attached hydrogens (tertiary/aromatic N) is 2. The first kappa shape index (κ1) is 16.9. The maximum atomic E-state index is 5.87. The van der Waals surface area contributed by atoms with Gasteiger partial charge in [0.2, 0.25) is 0 Å². The van der Waals surface area contributed by atoms with Crippen molar-refractivity contribution in [1.29, 1.82) is 0 Å². The molecule has 1 heterocycles. The van der Waals surface area contributed by atoms with E-state index in [1.165, 1.54) is 17.3 Å². The van der Waals surface area contributed by atoms with Crippen molar-refractivity contribution in [2.24, 2.45) is 0 Å². The first-order valence-corrected chi connectivity index (χ1v) is 9.00. The zero-order chi connectivity index (χ0) is 16.8. The third-order valence-electron chi connectivity index (χ3n) is 3.42. The van der Waals surface area contributed by atoms with E-state index < -0.39 is 0 Å². The van der Waals surface area contributed by atoms with Crippen molar-refractivity contribution < 1.29 is 9.15 Å². The summed E-state index contributed by atoms with van der Waals surface area (Å²) in [7, 11) is 0. The maximum absolute atomic E-state index is 5.87. The molecule has 24 heavy (non-hydrogen) atoms. The summed E-state index contributed by atoms with van der Waals surface area (Å²) in [6.07, 6.45) is 1.01. The van der Waals surface area contributed by atoms with Crippen LogP contribution in [0.5, 0.6) is 5.75 Å². The molecule has 3 aromatic rings. The number of benzene rings is 2. The van der Waals surface area contributed by atoms with Gasteiger partial charge in [-0.15, -0.1) is 10.2 Å². The van der Waals surface area contributed by atoms with Crippen molar-refractivity contribution in [3.8, 4) is 5.75 Å². The number of ether oxygens (including phenoxy) is 1. The second kappa shape index (κ2) is 8.22. The van der Waals surface area contributed by atoms with Crippen LogP contribution in [0.1, 0.15) is 23.9 Å². The van der Waals surface area contributed by atoms with Crippen molar-refractivity contribution in [1.82, 2.24) is 10.2 Å². The molecule has 3 rings (SSSR count). The van der Waals surface area contributed by atoms with Gasteiger partial charge >= 0.3 is 0 Å². The summed E-state index contributed by atoms with van der Waals surface area (Å²) in [5.74, 6) is 2.01. The molecule has 0 aliphatic rings. The van der Waals surface area contributed by atoms with Gasteiger partial charge in [0.1, 0.15) is 5.75 Å². The van der Waals surface area contributed by atoms with Crippen molar-refractivity contribution in [2.45, 2.75) is 30.9 Å². The molecular formula is C18H17ClN2O2S. The lowest BCUT2D eigenvalue weighted by atomic mass is 10.2. The van der Waals surface area contributed by atoms with Crippen LogP contribution >= 0.6 is 23.4 Å². The molecule has 0 spiro atoms. The van der Waals surface area contributed by atoms with Crippen LogP contribution in [0.25, 0.3) is 0 Å². The zero-order valence-electron chi connectivity index (χ0n) is 13.2. The highest BCUT2D eigenvalue weighted by Crippen LogP contribution is 2.23. The van der Waals surface area contributed by atoms with Gasteiger partial charge in [-0.2, -0.15) is 0 Å². The molecule has 4 nitrogen and oxygen atoms in total. The molecule has 0 unspecified atom stereocenters. The van der Waals surface area contributed by atoms with Gasteiger partial charge in [0.25, 0.3) is 11.1 Å². The summed E-state index contributed by atoms with van der Waals surface area (Å²) >= 11 is 7.36. The van der Waals surface area contributed by atoms with Crippen molar-refractivity contribution in [2.75, 3.05) is 0 Å². The van der Waals surface area contributed by atoms with E-state index >= 15 is 0 Å². The highest BCUT2D eigenvalue weighted by Gasteiger charge is 2.08. The molecule has 0 fully saturated rings. The first-order chi connectivity index (χ1) is 11.7. The molecule has 0 radical (unpaired) electrons. The summed E-state index contributed by atoms with van der Waals surface area (Å²) < 4.78 is 11.2. The molecule has 1 aromatic heterocycles. The smallest absolute Gasteiger partial charge is 0.277 e. The lowest BCUT2D eigenvalue weighted by Crippen LogP contribution is -1.95. The summed E-state index contributed by atoms with van der Waals surface area (Å²) in [5, 5.41) is 9.30. The molecular weight excluding hydrogens is 344 g/mol. The topological polar surface area (TPSA) is 48.2 Å². The van der Waals surface area contributed by atoms with Crippen molar-refractivity contribution in [3.63, 3.8) is 0 Å². The first-order valence-electron chi connectivity index (χ1n) is 7.64. The summed E-state index contributed by atoms with van der Waals surface area (Å²) in [6.45, 7) is 2.39. The molecule has 0 atom stereocenters. The Bertz CT molecular complexity index is 772. The van der Waals surface area contributed by atoms with Crippen LogP contribution in [0.15, 0.2) is 58.2 Å². The predicted octanol–water partition coefficient (Wildman–Crippen LogP) is 5.16. The fourth-order valence-corrected chi connectivity index (χ4v) is 2.91. The Morgan fingerprint density at radius 2 is 1.71 bits per heavy atom. The summed E-state index contributed by atoms with van der Waals surface area (Å²) in [4.78, 5) is 0. The minimum Gasteiger partial charge on any atom is -0.484 e. The Kier molecular flexibility index (Phi) is 5.77. The Labute approximate surface area is 150 Å². The van der Waals surface area contributed by atoms with Gasteiger partial charge in [-0.25, -0.2) is 0 Å². The van der Waals surface area contributed by atoms with Gasteiger partial charge in [0.15, 0.2) is 6.61 Å². The quantitative estimate of drug-likeness (QED) is 0.545. The van der Waals surface area contributed by atoms with E-state index in [-0.39, 0.29) is 6.61 Å². The van der Waals surface area contributed by atoms with Gasteiger partial charge in [0, 0.05) is 10.8 Å². The van der Waals surface area contributed by atoms with Crippen molar-refractivity contribution >= 4 is 23.4 Å². The normalized spacial score (nSPS) is 10.8. The van der Waals surface area contributed by atoms with E-state index in [1.54, 1.807) is 0 Å². The molecule has 0 saturated heterocycles. The average Bonchev–Trinajstić information content (AvgIpc) is 3.08. The van der Waals surface area contributed by atoms with Crippen molar-refractivity contribution in [3.05, 3.63) is 70.6 Å². The molecule has 124 valence electrons. The fraction of sp³-hybridized carbons (Fsp3) is 0.222. The predicted molar refractivity (Wildman–Crippen MR) is 95.5 cm³/mol. The fourth-order valence-electron chi connectivity index (χ4n) is 2.05. The Morgan fingerprint density at radius 1 is 1.00 bits per heavy atom. The highest BCUT2D eigenvalue weighted by atomic mass is 35.5. The zero-order valence-corrected chi connectivity index (χ0v) is 14.8. The van der Waals surface area contributed by atoms with Crippen LogP contribution in [0, 0.1) is 0 Å². The molecule has 0 aliphatic heterocycles. The van der Waals surface area contributed by atoms with Gasteiger partial charge < -0.3 is 9.15 Å². The minimum absolute atomic E-state index is 0.264. The minimum atomic E-state index is 0.264. The number of halogens is 1. The summed E-state index contributed by atoms with van der Waals surface area (Å²) in [5.41, 5.74) is 2.43. The van der Waals surface area contributed by atoms with E-state index in [2.05, 4.69) is 29.3 Å². The third-order valence-corrected chi connectivity index (χ3v) is 4.56. The van der Waals surface area contributed by atoms with E-state index in [4.69, 9.17) is 20.8 Å². The lowest BCUT2D eigenvalue weighted by molar-refractivity contribution is 0.252. The standard InChI is InChI=1S/C18H17ClN2O2S/c1-2-13-5-9-16(10-6-13)22-11-17-20-21-18(23-17)24-12-14-3-7-15(19)8-4-14/h3-10H,2,11-12H2,1H3. The van der Waals surface area contributed by atoms with Crippen LogP contribution in [0.3, 0.4) is 0 Å². The number of hydrogen-bond donors (Lipinski definition) is 0. The number of aromatic nitrogens is 2. The molecule has 0 saturated carbocycles. The number of hydrogen-bond acceptors (Lipinski definition) is 5. The number of rotatable bonds is 7. The van der Waals surface area contributed by atoms with Crippen LogP contribution < -0.4 is 4.74 Å².